The van der Waals surface area contributed by atoms with Gasteiger partial charge in [-0.05, 0) is 60.0 Å². The summed E-state index contributed by atoms with van der Waals surface area (Å²) in [5, 5.41) is 0. The fraction of sp³-hybridized carbons (Fsp3) is 0.591. The normalized spacial score (nSPS) is 32.9. The largest absolute Gasteiger partial charge is 0.368 e. The Morgan fingerprint density at radius 1 is 1.15 bits per heavy atom. The van der Waals surface area contributed by atoms with Crippen molar-refractivity contribution in [3.63, 3.8) is 0 Å². The van der Waals surface area contributed by atoms with E-state index in [0.717, 1.165) is 23.6 Å². The number of hydrogen-bond acceptors (Lipinski definition) is 4. The summed E-state index contributed by atoms with van der Waals surface area (Å²) in [6.07, 6.45) is 8.74. The summed E-state index contributed by atoms with van der Waals surface area (Å²) < 4.78 is 0. The van der Waals surface area contributed by atoms with Crippen molar-refractivity contribution >= 4 is 5.95 Å². The van der Waals surface area contributed by atoms with Gasteiger partial charge in [-0.15, -0.1) is 0 Å². The van der Waals surface area contributed by atoms with E-state index in [1.807, 2.05) is 12.3 Å². The van der Waals surface area contributed by atoms with Crippen molar-refractivity contribution in [2.75, 3.05) is 5.73 Å². The van der Waals surface area contributed by atoms with E-state index in [1.54, 1.807) is 6.20 Å². The van der Waals surface area contributed by atoms with E-state index in [1.165, 1.54) is 30.5 Å². The average Bonchev–Trinajstić information content (AvgIpc) is 3.12. The van der Waals surface area contributed by atoms with Crippen LogP contribution in [0, 0.1) is 22.2 Å². The SMILES string of the molecule is CC1(C)C2CCC3(C2)C1c1nc(N)nc(-c2cccnc2)c1CC3(C)C. The molecule has 2 heterocycles. The van der Waals surface area contributed by atoms with Crippen molar-refractivity contribution in [1.82, 2.24) is 15.0 Å². The summed E-state index contributed by atoms with van der Waals surface area (Å²) in [4.78, 5) is 13.8. The van der Waals surface area contributed by atoms with E-state index >= 15 is 0 Å². The van der Waals surface area contributed by atoms with Gasteiger partial charge in [-0.2, -0.15) is 0 Å². The molecule has 3 aliphatic rings. The van der Waals surface area contributed by atoms with Crippen molar-refractivity contribution in [2.45, 2.75) is 59.3 Å². The molecular weight excluding hydrogens is 320 g/mol. The van der Waals surface area contributed by atoms with Gasteiger partial charge in [0, 0.05) is 29.4 Å². The lowest BCUT2D eigenvalue weighted by Gasteiger charge is -2.55. The first-order valence-electron chi connectivity index (χ1n) is 9.83. The third kappa shape index (κ3) is 1.83. The molecule has 136 valence electrons. The number of pyridine rings is 1. The van der Waals surface area contributed by atoms with Gasteiger partial charge in [0.1, 0.15) is 0 Å². The molecule has 2 aromatic rings. The molecule has 26 heavy (non-hydrogen) atoms. The van der Waals surface area contributed by atoms with Crippen molar-refractivity contribution < 1.29 is 0 Å². The van der Waals surface area contributed by atoms with Crippen LogP contribution in [0.3, 0.4) is 0 Å². The Balaban J connectivity index is 1.80. The zero-order valence-corrected chi connectivity index (χ0v) is 16.2. The highest BCUT2D eigenvalue weighted by molar-refractivity contribution is 5.66. The first-order valence-corrected chi connectivity index (χ1v) is 9.83. The molecule has 1 spiro atoms. The van der Waals surface area contributed by atoms with Crippen LogP contribution in [0.1, 0.15) is 64.1 Å². The van der Waals surface area contributed by atoms with Gasteiger partial charge >= 0.3 is 0 Å². The fourth-order valence-corrected chi connectivity index (χ4v) is 6.83. The zero-order valence-electron chi connectivity index (χ0n) is 16.2. The Hall–Kier alpha value is -1.97. The fourth-order valence-electron chi connectivity index (χ4n) is 6.83. The van der Waals surface area contributed by atoms with E-state index in [9.17, 15) is 0 Å². The van der Waals surface area contributed by atoms with Crippen LogP contribution in [-0.4, -0.2) is 15.0 Å². The number of hydrogen-bond donors (Lipinski definition) is 1. The number of nitrogens with two attached hydrogens (primary N) is 1. The number of rotatable bonds is 1. The van der Waals surface area contributed by atoms with Crippen LogP contribution < -0.4 is 5.73 Å². The van der Waals surface area contributed by atoms with Crippen LogP contribution >= 0.6 is 0 Å². The molecule has 4 heteroatoms. The van der Waals surface area contributed by atoms with Gasteiger partial charge in [0.2, 0.25) is 5.95 Å². The molecule has 2 fully saturated rings. The molecule has 3 aliphatic carbocycles. The number of aromatic nitrogens is 3. The predicted octanol–water partition coefficient (Wildman–Crippen LogP) is 4.61. The Kier molecular flexibility index (Phi) is 3.02. The van der Waals surface area contributed by atoms with Crippen molar-refractivity contribution in [3.8, 4) is 11.3 Å². The third-order valence-corrected chi connectivity index (χ3v) is 8.13. The van der Waals surface area contributed by atoms with Crippen molar-refractivity contribution in [1.29, 1.82) is 0 Å². The highest BCUT2D eigenvalue weighted by atomic mass is 15.0. The monoisotopic (exact) mass is 348 g/mol. The molecule has 0 radical (unpaired) electrons. The van der Waals surface area contributed by atoms with Gasteiger partial charge in [-0.25, -0.2) is 9.97 Å². The van der Waals surface area contributed by atoms with E-state index in [0.29, 0.717) is 17.3 Å². The molecule has 0 aliphatic heterocycles. The summed E-state index contributed by atoms with van der Waals surface area (Å²) in [5.41, 5.74) is 11.6. The maximum atomic E-state index is 6.21. The maximum Gasteiger partial charge on any atom is 0.220 e. The van der Waals surface area contributed by atoms with Gasteiger partial charge in [0.15, 0.2) is 0 Å². The molecule has 2 saturated carbocycles. The summed E-state index contributed by atoms with van der Waals surface area (Å²) in [6.45, 7) is 9.85. The number of fused-ring (bicyclic) bond motifs is 3. The molecule has 2 N–H and O–H groups in total. The minimum absolute atomic E-state index is 0.240. The molecule has 4 nitrogen and oxygen atoms in total. The molecule has 5 rings (SSSR count). The molecule has 0 aromatic carbocycles. The highest BCUT2D eigenvalue weighted by Gasteiger charge is 2.69. The number of anilines is 1. The van der Waals surface area contributed by atoms with Crippen LogP contribution in [0.5, 0.6) is 0 Å². The van der Waals surface area contributed by atoms with E-state index in [-0.39, 0.29) is 10.8 Å². The lowest BCUT2D eigenvalue weighted by Crippen LogP contribution is -2.49. The zero-order chi connectivity index (χ0) is 18.3. The Labute approximate surface area is 155 Å². The quantitative estimate of drug-likeness (QED) is 0.817. The summed E-state index contributed by atoms with van der Waals surface area (Å²) in [6, 6.07) is 4.05. The average molecular weight is 348 g/mol. The van der Waals surface area contributed by atoms with Crippen LogP contribution in [-0.2, 0) is 6.42 Å². The molecular formula is C22H28N4. The molecule has 2 bridgehead atoms. The summed E-state index contributed by atoms with van der Waals surface area (Å²) >= 11 is 0. The van der Waals surface area contributed by atoms with E-state index in [4.69, 9.17) is 10.7 Å². The Morgan fingerprint density at radius 3 is 2.69 bits per heavy atom. The second kappa shape index (κ2) is 4.85. The van der Waals surface area contributed by atoms with Crippen molar-refractivity contribution in [3.05, 3.63) is 35.8 Å². The topological polar surface area (TPSA) is 64.7 Å². The van der Waals surface area contributed by atoms with E-state index in [2.05, 4.69) is 43.7 Å². The summed E-state index contributed by atoms with van der Waals surface area (Å²) in [5.74, 6) is 1.65. The minimum atomic E-state index is 0.240. The van der Waals surface area contributed by atoms with Crippen LogP contribution in [0.2, 0.25) is 0 Å². The minimum Gasteiger partial charge on any atom is -0.368 e. The maximum absolute atomic E-state index is 6.21. The smallest absolute Gasteiger partial charge is 0.220 e. The summed E-state index contributed by atoms with van der Waals surface area (Å²) in [7, 11) is 0. The molecule has 0 saturated heterocycles. The standard InChI is InChI=1S/C22H28N4/c1-20(2)11-15-16(13-6-5-9-24-12-13)25-19(23)26-17(15)18-21(3,4)14-7-8-22(18,20)10-14/h5-6,9,12,14,18H,7-8,10-11H2,1-4H3,(H2,23,25,26). The first-order chi connectivity index (χ1) is 12.3. The van der Waals surface area contributed by atoms with Crippen LogP contribution in [0.15, 0.2) is 24.5 Å². The Morgan fingerprint density at radius 2 is 1.96 bits per heavy atom. The van der Waals surface area contributed by atoms with Crippen molar-refractivity contribution in [2.24, 2.45) is 22.2 Å². The molecule has 2 aromatic heterocycles. The first kappa shape index (κ1) is 16.2. The lowest BCUT2D eigenvalue weighted by atomic mass is 9.48. The van der Waals surface area contributed by atoms with Gasteiger partial charge in [0.05, 0.1) is 11.4 Å². The lowest BCUT2D eigenvalue weighted by molar-refractivity contribution is 0.00284. The van der Waals surface area contributed by atoms with Crippen LogP contribution in [0.25, 0.3) is 11.3 Å². The second-order valence-electron chi connectivity index (χ2n) is 9.95. The van der Waals surface area contributed by atoms with Gasteiger partial charge in [-0.3, -0.25) is 4.98 Å². The van der Waals surface area contributed by atoms with Crippen LogP contribution in [0.4, 0.5) is 5.95 Å². The third-order valence-electron chi connectivity index (χ3n) is 8.13. The highest BCUT2D eigenvalue weighted by Crippen LogP contribution is 2.77. The van der Waals surface area contributed by atoms with E-state index < -0.39 is 0 Å². The molecule has 3 atom stereocenters. The molecule has 0 amide bonds. The number of nitrogens with zero attached hydrogens (tertiary/aromatic N) is 3. The van der Waals surface area contributed by atoms with Gasteiger partial charge in [-0.1, -0.05) is 27.7 Å². The number of nitrogen functional groups attached to an aromatic ring is 1. The second-order valence-corrected chi connectivity index (χ2v) is 9.95. The Bertz CT molecular complexity index is 887. The van der Waals surface area contributed by atoms with Gasteiger partial charge in [0.25, 0.3) is 0 Å². The van der Waals surface area contributed by atoms with Gasteiger partial charge < -0.3 is 5.73 Å². The predicted molar refractivity (Wildman–Crippen MR) is 103 cm³/mol. The molecule has 3 unspecified atom stereocenters.